The molecule has 6 nitrogen and oxygen atoms in total. The van der Waals surface area contributed by atoms with Gasteiger partial charge in [0.05, 0.1) is 18.4 Å². The molecular weight excluding hydrogens is 338 g/mol. The zero-order chi connectivity index (χ0) is 18.8. The van der Waals surface area contributed by atoms with Gasteiger partial charge in [0.15, 0.2) is 11.4 Å². The van der Waals surface area contributed by atoms with Crippen LogP contribution in [0.3, 0.4) is 0 Å². The lowest BCUT2D eigenvalue weighted by atomic mass is 10.1. The topological polar surface area (TPSA) is 59.5 Å². The van der Waals surface area contributed by atoms with Gasteiger partial charge in [-0.15, -0.1) is 0 Å². The fourth-order valence-corrected chi connectivity index (χ4v) is 3.13. The number of nitrogens with zero attached hydrogens (tertiary/aromatic N) is 5. The third-order valence-electron chi connectivity index (χ3n) is 4.54. The third kappa shape index (κ3) is 3.75. The SMILES string of the molecule is CC(C)c1cc(CN(C)Cc2cnc3c(-c4ccccc4)cnn3c2)on1. The van der Waals surface area contributed by atoms with Crippen molar-refractivity contribution in [3.05, 3.63) is 72.0 Å². The largest absolute Gasteiger partial charge is 0.360 e. The van der Waals surface area contributed by atoms with Crippen molar-refractivity contribution in [3.63, 3.8) is 0 Å². The van der Waals surface area contributed by atoms with Crippen LogP contribution in [0.1, 0.15) is 36.8 Å². The Morgan fingerprint density at radius 2 is 1.93 bits per heavy atom. The molecule has 0 saturated heterocycles. The average Bonchev–Trinajstić information content (AvgIpc) is 3.29. The lowest BCUT2D eigenvalue weighted by Crippen LogP contribution is -2.17. The molecule has 0 unspecified atom stereocenters. The second-order valence-electron chi connectivity index (χ2n) is 7.20. The van der Waals surface area contributed by atoms with Crippen molar-refractivity contribution >= 4 is 5.65 Å². The van der Waals surface area contributed by atoms with E-state index in [1.807, 2.05) is 47.4 Å². The van der Waals surface area contributed by atoms with Crippen molar-refractivity contribution in [2.75, 3.05) is 7.05 Å². The van der Waals surface area contributed by atoms with E-state index in [1.54, 1.807) is 0 Å². The summed E-state index contributed by atoms with van der Waals surface area (Å²) in [7, 11) is 2.06. The van der Waals surface area contributed by atoms with Crippen LogP contribution < -0.4 is 0 Å². The second-order valence-corrected chi connectivity index (χ2v) is 7.20. The highest BCUT2D eigenvalue weighted by Gasteiger charge is 2.12. The monoisotopic (exact) mass is 361 g/mol. The highest BCUT2D eigenvalue weighted by molar-refractivity contribution is 5.76. The van der Waals surface area contributed by atoms with E-state index in [2.05, 4.69) is 53.2 Å². The Morgan fingerprint density at radius 1 is 1.11 bits per heavy atom. The van der Waals surface area contributed by atoms with Crippen LogP contribution in [0, 0.1) is 0 Å². The van der Waals surface area contributed by atoms with E-state index in [-0.39, 0.29) is 0 Å². The van der Waals surface area contributed by atoms with E-state index in [9.17, 15) is 0 Å². The molecule has 4 rings (SSSR count). The summed E-state index contributed by atoms with van der Waals surface area (Å²) in [5.41, 5.74) is 5.11. The van der Waals surface area contributed by atoms with Crippen molar-refractivity contribution < 1.29 is 4.52 Å². The molecule has 4 aromatic rings. The van der Waals surface area contributed by atoms with Crippen LogP contribution >= 0.6 is 0 Å². The number of rotatable bonds is 6. The first-order valence-corrected chi connectivity index (χ1v) is 9.12. The van der Waals surface area contributed by atoms with Gasteiger partial charge in [-0.1, -0.05) is 49.3 Å². The van der Waals surface area contributed by atoms with Crippen LogP contribution in [0.15, 0.2) is 59.5 Å². The summed E-state index contributed by atoms with van der Waals surface area (Å²) in [4.78, 5) is 6.82. The predicted molar refractivity (Wildman–Crippen MR) is 104 cm³/mol. The van der Waals surface area contributed by atoms with Crippen LogP contribution in [0.2, 0.25) is 0 Å². The summed E-state index contributed by atoms with van der Waals surface area (Å²) in [6.45, 7) is 5.67. The van der Waals surface area contributed by atoms with Crippen LogP contribution in [0.25, 0.3) is 16.8 Å². The van der Waals surface area contributed by atoms with Gasteiger partial charge in [-0.2, -0.15) is 5.10 Å². The van der Waals surface area contributed by atoms with Crippen LogP contribution in [-0.2, 0) is 13.1 Å². The Morgan fingerprint density at radius 3 is 2.67 bits per heavy atom. The molecule has 1 aromatic carbocycles. The number of hydrogen-bond donors (Lipinski definition) is 0. The minimum atomic E-state index is 0.373. The summed E-state index contributed by atoms with van der Waals surface area (Å²) in [6.07, 6.45) is 5.82. The van der Waals surface area contributed by atoms with Gasteiger partial charge < -0.3 is 4.52 Å². The molecule has 138 valence electrons. The molecule has 6 heteroatoms. The molecule has 3 aromatic heterocycles. The zero-order valence-corrected chi connectivity index (χ0v) is 15.8. The van der Waals surface area contributed by atoms with E-state index < -0.39 is 0 Å². The van der Waals surface area contributed by atoms with Gasteiger partial charge in [0.1, 0.15) is 0 Å². The third-order valence-corrected chi connectivity index (χ3v) is 4.54. The number of aromatic nitrogens is 4. The number of hydrogen-bond acceptors (Lipinski definition) is 5. The summed E-state index contributed by atoms with van der Waals surface area (Å²) >= 11 is 0. The maximum absolute atomic E-state index is 5.43. The molecule has 0 saturated carbocycles. The molecule has 3 heterocycles. The van der Waals surface area contributed by atoms with Crippen LogP contribution in [0.4, 0.5) is 0 Å². The second kappa shape index (κ2) is 7.32. The lowest BCUT2D eigenvalue weighted by molar-refractivity contribution is 0.265. The van der Waals surface area contributed by atoms with Crippen LogP contribution in [-0.4, -0.2) is 31.7 Å². The number of fused-ring (bicyclic) bond motifs is 1. The first-order chi connectivity index (χ1) is 13.1. The lowest BCUT2D eigenvalue weighted by Gasteiger charge is -2.14. The standard InChI is InChI=1S/C21H23N5O/c1-15(2)20-9-18(27-24-20)14-25(3)12-16-10-22-21-19(11-23-26(21)13-16)17-7-5-4-6-8-17/h4-11,13,15H,12,14H2,1-3H3. The fraction of sp³-hybridized carbons (Fsp3) is 0.286. The maximum Gasteiger partial charge on any atom is 0.162 e. The molecule has 27 heavy (non-hydrogen) atoms. The Balaban J connectivity index is 1.49. The van der Waals surface area contributed by atoms with E-state index in [4.69, 9.17) is 4.52 Å². The van der Waals surface area contributed by atoms with Gasteiger partial charge in [0, 0.05) is 36.1 Å². The molecule has 0 bridgehead atoms. The van der Waals surface area contributed by atoms with E-state index >= 15 is 0 Å². The molecule has 0 aliphatic heterocycles. The fourth-order valence-electron chi connectivity index (χ4n) is 3.13. The minimum Gasteiger partial charge on any atom is -0.360 e. The molecule has 0 fully saturated rings. The van der Waals surface area contributed by atoms with E-state index in [0.29, 0.717) is 12.5 Å². The first kappa shape index (κ1) is 17.4. The molecule has 0 atom stereocenters. The normalized spacial score (nSPS) is 11.7. The van der Waals surface area contributed by atoms with Crippen molar-refractivity contribution in [1.82, 2.24) is 24.7 Å². The van der Waals surface area contributed by atoms with Gasteiger partial charge in [-0.3, -0.25) is 4.90 Å². The maximum atomic E-state index is 5.43. The average molecular weight is 361 g/mol. The summed E-state index contributed by atoms with van der Waals surface area (Å²) in [5.74, 6) is 1.25. The number of benzene rings is 1. The molecular formula is C21H23N5O. The van der Waals surface area contributed by atoms with Crippen LogP contribution in [0.5, 0.6) is 0 Å². The quantitative estimate of drug-likeness (QED) is 0.516. The summed E-state index contributed by atoms with van der Waals surface area (Å²) in [5, 5.41) is 8.60. The minimum absolute atomic E-state index is 0.373. The Hall–Kier alpha value is -2.99. The first-order valence-electron chi connectivity index (χ1n) is 9.12. The van der Waals surface area contributed by atoms with E-state index in [1.165, 1.54) is 0 Å². The van der Waals surface area contributed by atoms with Gasteiger partial charge >= 0.3 is 0 Å². The Labute approximate surface area is 158 Å². The predicted octanol–water partition coefficient (Wildman–Crippen LogP) is 4.14. The highest BCUT2D eigenvalue weighted by Crippen LogP contribution is 2.23. The molecule has 0 N–H and O–H groups in total. The van der Waals surface area contributed by atoms with Crippen molar-refractivity contribution in [2.24, 2.45) is 0 Å². The zero-order valence-electron chi connectivity index (χ0n) is 15.8. The molecule has 0 radical (unpaired) electrons. The van der Waals surface area contributed by atoms with Gasteiger partial charge in [-0.05, 0) is 18.5 Å². The smallest absolute Gasteiger partial charge is 0.162 e. The molecule has 0 aliphatic carbocycles. The van der Waals surface area contributed by atoms with Crippen molar-refractivity contribution in [1.29, 1.82) is 0 Å². The molecule has 0 amide bonds. The molecule has 0 aliphatic rings. The van der Waals surface area contributed by atoms with E-state index in [0.717, 1.165) is 40.3 Å². The van der Waals surface area contributed by atoms with Crippen molar-refractivity contribution in [3.8, 4) is 11.1 Å². The van der Waals surface area contributed by atoms with Crippen molar-refractivity contribution in [2.45, 2.75) is 32.9 Å². The summed E-state index contributed by atoms with van der Waals surface area (Å²) < 4.78 is 7.28. The Kier molecular flexibility index (Phi) is 4.73. The van der Waals surface area contributed by atoms with Gasteiger partial charge in [0.2, 0.25) is 0 Å². The summed E-state index contributed by atoms with van der Waals surface area (Å²) in [6, 6.07) is 12.2. The van der Waals surface area contributed by atoms with Gasteiger partial charge in [0.25, 0.3) is 0 Å². The molecule has 0 spiro atoms. The van der Waals surface area contributed by atoms with Gasteiger partial charge in [-0.25, -0.2) is 9.50 Å². The highest BCUT2D eigenvalue weighted by atomic mass is 16.5. The Bertz CT molecular complexity index is 1040.